The second-order valence-corrected chi connectivity index (χ2v) is 10.0. The highest BCUT2D eigenvalue weighted by Gasteiger charge is 2.35. The number of carbonyl (C=O) groups is 1. The number of ketones is 1. The summed E-state index contributed by atoms with van der Waals surface area (Å²) >= 11 is 0. The molecule has 31 heavy (non-hydrogen) atoms. The van der Waals surface area contributed by atoms with Crippen LogP contribution in [0.15, 0.2) is 77.4 Å². The lowest BCUT2D eigenvalue weighted by molar-refractivity contribution is -0.114. The SMILES string of the molecule is COc1ccc(C(=C2C=C(C(C)(C)C)C(=O)C(C(C)(C)C)=C2)c2ccccc2)c(O)c1. The Bertz CT molecular complexity index is 1050. The molecule has 0 bridgehead atoms. The molecule has 1 aliphatic rings. The van der Waals surface area contributed by atoms with Crippen LogP contribution in [0.5, 0.6) is 11.5 Å². The van der Waals surface area contributed by atoms with Crippen LogP contribution in [0.25, 0.3) is 5.57 Å². The molecule has 0 atom stereocenters. The number of methoxy groups -OCH3 is 1. The molecule has 3 rings (SSSR count). The molecule has 0 spiro atoms. The minimum Gasteiger partial charge on any atom is -0.507 e. The highest BCUT2D eigenvalue weighted by molar-refractivity contribution is 6.12. The Kier molecular flexibility index (Phi) is 6.00. The number of hydrogen-bond acceptors (Lipinski definition) is 3. The molecule has 2 aromatic carbocycles. The molecule has 0 unspecified atom stereocenters. The maximum Gasteiger partial charge on any atom is 0.186 e. The van der Waals surface area contributed by atoms with Crippen LogP contribution in [0.4, 0.5) is 0 Å². The van der Waals surface area contributed by atoms with Crippen molar-refractivity contribution in [3.05, 3.63) is 88.5 Å². The monoisotopic (exact) mass is 416 g/mol. The van der Waals surface area contributed by atoms with Gasteiger partial charge in [0.05, 0.1) is 7.11 Å². The second-order valence-electron chi connectivity index (χ2n) is 10.0. The molecule has 0 aromatic heterocycles. The van der Waals surface area contributed by atoms with Gasteiger partial charge in [-0.05, 0) is 51.8 Å². The lowest BCUT2D eigenvalue weighted by Gasteiger charge is -2.32. The van der Waals surface area contributed by atoms with E-state index in [1.54, 1.807) is 13.2 Å². The molecule has 1 aliphatic carbocycles. The fourth-order valence-electron chi connectivity index (χ4n) is 3.82. The van der Waals surface area contributed by atoms with Gasteiger partial charge in [-0.2, -0.15) is 0 Å². The third-order valence-electron chi connectivity index (χ3n) is 5.53. The molecule has 162 valence electrons. The van der Waals surface area contributed by atoms with Crippen LogP contribution in [0.1, 0.15) is 52.7 Å². The minimum atomic E-state index is -0.309. The van der Waals surface area contributed by atoms with Gasteiger partial charge in [0.25, 0.3) is 0 Å². The Morgan fingerprint density at radius 1 is 0.839 bits per heavy atom. The van der Waals surface area contributed by atoms with E-state index in [9.17, 15) is 9.90 Å². The van der Waals surface area contributed by atoms with Crippen molar-refractivity contribution in [1.29, 1.82) is 0 Å². The van der Waals surface area contributed by atoms with E-state index in [2.05, 4.69) is 41.5 Å². The van der Waals surface area contributed by atoms with E-state index in [4.69, 9.17) is 4.74 Å². The summed E-state index contributed by atoms with van der Waals surface area (Å²) in [6.45, 7) is 12.4. The summed E-state index contributed by atoms with van der Waals surface area (Å²) in [6, 6.07) is 15.3. The van der Waals surface area contributed by atoms with E-state index < -0.39 is 0 Å². The van der Waals surface area contributed by atoms with Gasteiger partial charge in [-0.25, -0.2) is 0 Å². The lowest BCUT2D eigenvalue weighted by atomic mass is 9.71. The van der Waals surface area contributed by atoms with Gasteiger partial charge in [0.15, 0.2) is 5.78 Å². The van der Waals surface area contributed by atoms with Gasteiger partial charge in [0.2, 0.25) is 0 Å². The van der Waals surface area contributed by atoms with Crippen LogP contribution < -0.4 is 4.74 Å². The molecule has 0 heterocycles. The first kappa shape index (κ1) is 22.6. The van der Waals surface area contributed by atoms with Crippen molar-refractivity contribution >= 4 is 11.4 Å². The molecule has 3 nitrogen and oxygen atoms in total. The third kappa shape index (κ3) is 4.66. The van der Waals surface area contributed by atoms with E-state index >= 15 is 0 Å². The Balaban J connectivity index is 2.41. The van der Waals surface area contributed by atoms with E-state index in [0.29, 0.717) is 11.3 Å². The molecule has 0 saturated heterocycles. The summed E-state index contributed by atoms with van der Waals surface area (Å²) in [4.78, 5) is 13.4. The van der Waals surface area contributed by atoms with E-state index in [-0.39, 0.29) is 22.4 Å². The fraction of sp³-hybridized carbons (Fsp3) is 0.321. The van der Waals surface area contributed by atoms with E-state index in [1.807, 2.05) is 54.6 Å². The topological polar surface area (TPSA) is 46.5 Å². The predicted octanol–water partition coefficient (Wildman–Crippen LogP) is 6.73. The van der Waals surface area contributed by atoms with Gasteiger partial charge in [-0.3, -0.25) is 4.79 Å². The highest BCUT2D eigenvalue weighted by atomic mass is 16.5. The first-order valence-corrected chi connectivity index (χ1v) is 10.6. The van der Waals surface area contributed by atoms with Crippen LogP contribution in [-0.2, 0) is 4.79 Å². The molecule has 0 saturated carbocycles. The van der Waals surface area contributed by atoms with Crippen molar-refractivity contribution in [1.82, 2.24) is 0 Å². The maximum absolute atomic E-state index is 13.4. The van der Waals surface area contributed by atoms with Crippen LogP contribution in [0.2, 0.25) is 0 Å². The molecular formula is C28H32O3. The minimum absolute atomic E-state index is 0.0927. The Labute approximate surface area is 185 Å². The quantitative estimate of drug-likeness (QED) is 0.603. The summed E-state index contributed by atoms with van der Waals surface area (Å²) in [6.07, 6.45) is 3.98. The first-order valence-electron chi connectivity index (χ1n) is 10.6. The Hall–Kier alpha value is -3.07. The molecule has 1 N–H and O–H groups in total. The smallest absolute Gasteiger partial charge is 0.186 e. The number of hydrogen-bond donors (Lipinski definition) is 1. The molecule has 3 heteroatoms. The maximum atomic E-state index is 13.4. The fourth-order valence-corrected chi connectivity index (χ4v) is 3.82. The molecule has 2 aromatic rings. The van der Waals surface area contributed by atoms with Gasteiger partial charge in [-0.15, -0.1) is 0 Å². The summed E-state index contributed by atoms with van der Waals surface area (Å²) in [5, 5.41) is 10.9. The van der Waals surface area contributed by atoms with Gasteiger partial charge in [-0.1, -0.05) is 71.9 Å². The van der Waals surface area contributed by atoms with Crippen molar-refractivity contribution in [2.45, 2.75) is 41.5 Å². The number of phenolic OH excluding ortho intramolecular Hbond substituents is 1. The third-order valence-corrected chi connectivity index (χ3v) is 5.53. The number of carbonyl (C=O) groups excluding carboxylic acids is 1. The van der Waals surface area contributed by atoms with E-state index in [0.717, 1.165) is 27.9 Å². The van der Waals surface area contributed by atoms with Crippen molar-refractivity contribution in [2.24, 2.45) is 10.8 Å². The van der Waals surface area contributed by atoms with Crippen LogP contribution in [0.3, 0.4) is 0 Å². The van der Waals surface area contributed by atoms with Crippen molar-refractivity contribution in [3.8, 4) is 11.5 Å². The van der Waals surface area contributed by atoms with Crippen LogP contribution in [-0.4, -0.2) is 18.0 Å². The zero-order chi connectivity index (χ0) is 23.0. The second kappa shape index (κ2) is 8.22. The average Bonchev–Trinajstić information content (AvgIpc) is 2.69. The summed E-state index contributed by atoms with van der Waals surface area (Å²) in [5.41, 5.74) is 4.41. The zero-order valence-electron chi connectivity index (χ0n) is 19.5. The number of Topliss-reactive ketones (excluding diaryl/α,β-unsaturated/α-hetero) is 1. The number of benzene rings is 2. The Morgan fingerprint density at radius 3 is 1.84 bits per heavy atom. The standard InChI is InChI=1S/C28H32O3/c1-27(2,3)22-15-19(16-23(26(22)30)28(4,5)6)25(18-11-9-8-10-12-18)21-14-13-20(31-7)17-24(21)29/h8-17,29H,1-7H3. The largest absolute Gasteiger partial charge is 0.507 e. The molecule has 0 fully saturated rings. The van der Waals surface area contributed by atoms with Gasteiger partial charge >= 0.3 is 0 Å². The van der Waals surface area contributed by atoms with Crippen molar-refractivity contribution < 1.29 is 14.6 Å². The summed E-state index contributed by atoms with van der Waals surface area (Å²) < 4.78 is 5.27. The predicted molar refractivity (Wildman–Crippen MR) is 127 cm³/mol. The highest BCUT2D eigenvalue weighted by Crippen LogP contribution is 2.43. The molecule has 0 amide bonds. The van der Waals surface area contributed by atoms with Gasteiger partial charge in [0.1, 0.15) is 11.5 Å². The van der Waals surface area contributed by atoms with Crippen molar-refractivity contribution in [3.63, 3.8) is 0 Å². The van der Waals surface area contributed by atoms with Crippen LogP contribution >= 0.6 is 0 Å². The molecule has 0 radical (unpaired) electrons. The number of aromatic hydroxyl groups is 1. The number of allylic oxidation sites excluding steroid dienone is 5. The molecular weight excluding hydrogens is 384 g/mol. The normalized spacial score (nSPS) is 14.8. The number of ether oxygens (including phenoxy) is 1. The Morgan fingerprint density at radius 2 is 1.39 bits per heavy atom. The van der Waals surface area contributed by atoms with Crippen molar-refractivity contribution in [2.75, 3.05) is 7.11 Å². The zero-order valence-corrected chi connectivity index (χ0v) is 19.5. The lowest BCUT2D eigenvalue weighted by Crippen LogP contribution is -2.28. The first-order chi connectivity index (χ1) is 14.4. The number of phenols is 1. The van der Waals surface area contributed by atoms with Gasteiger partial charge in [0, 0.05) is 22.8 Å². The summed E-state index contributed by atoms with van der Waals surface area (Å²) in [5.74, 6) is 0.823. The average molecular weight is 417 g/mol. The number of rotatable bonds is 3. The molecule has 0 aliphatic heterocycles. The van der Waals surface area contributed by atoms with E-state index in [1.165, 1.54) is 0 Å². The summed E-state index contributed by atoms with van der Waals surface area (Å²) in [7, 11) is 1.58. The van der Waals surface area contributed by atoms with Gasteiger partial charge < -0.3 is 9.84 Å². The van der Waals surface area contributed by atoms with Crippen LogP contribution in [0, 0.1) is 10.8 Å².